The van der Waals surface area contributed by atoms with Crippen molar-refractivity contribution in [1.82, 2.24) is 0 Å². The van der Waals surface area contributed by atoms with Crippen molar-refractivity contribution in [3.05, 3.63) is 23.6 Å². The van der Waals surface area contributed by atoms with Crippen LogP contribution in [0.15, 0.2) is 23.6 Å². The quantitative estimate of drug-likeness (QED) is 0.614. The van der Waals surface area contributed by atoms with Gasteiger partial charge < -0.3 is 8.85 Å². The second-order valence-corrected chi connectivity index (χ2v) is 5.27. The van der Waals surface area contributed by atoms with Crippen molar-refractivity contribution < 1.29 is 8.85 Å². The van der Waals surface area contributed by atoms with E-state index in [4.69, 9.17) is 8.85 Å². The van der Waals surface area contributed by atoms with Crippen LogP contribution in [0.5, 0.6) is 0 Å². The lowest BCUT2D eigenvalue weighted by Crippen LogP contribution is -2.38. The summed E-state index contributed by atoms with van der Waals surface area (Å²) in [5.74, 6) is 0. The fourth-order valence-corrected chi connectivity index (χ4v) is 3.62. The summed E-state index contributed by atoms with van der Waals surface area (Å²) in [5, 5.41) is 0. The van der Waals surface area contributed by atoms with E-state index in [0.29, 0.717) is 13.2 Å². The molecule has 0 aromatic heterocycles. The topological polar surface area (TPSA) is 18.5 Å². The van der Waals surface area contributed by atoms with Crippen LogP contribution in [-0.2, 0) is 8.85 Å². The molecule has 3 heteroatoms. The summed E-state index contributed by atoms with van der Waals surface area (Å²) in [6.45, 7) is 9.36. The molecule has 0 unspecified atom stereocenters. The third-order valence-electron chi connectivity index (χ3n) is 1.54. The minimum atomic E-state index is -2.16. The highest BCUT2D eigenvalue weighted by atomic mass is 28.4. The van der Waals surface area contributed by atoms with Crippen molar-refractivity contribution >= 4 is 8.56 Å². The summed E-state index contributed by atoms with van der Waals surface area (Å²) >= 11 is 0. The van der Waals surface area contributed by atoms with Crippen LogP contribution in [0.4, 0.5) is 0 Å². The average Bonchev–Trinajstić information content (AvgIpc) is 2.06. The maximum atomic E-state index is 5.69. The molecule has 0 aliphatic carbocycles. The normalized spacial score (nSPS) is 13.2. The van der Waals surface area contributed by atoms with Crippen LogP contribution in [0.25, 0.3) is 0 Å². The van der Waals surface area contributed by atoms with E-state index >= 15 is 0 Å². The van der Waals surface area contributed by atoms with Gasteiger partial charge in [0.25, 0.3) is 0 Å². The molecule has 0 N–H and O–H groups in total. The zero-order valence-electron chi connectivity index (χ0n) is 9.04. The maximum Gasteiger partial charge on any atom is 0.391 e. The molecule has 0 aliphatic rings. The highest BCUT2D eigenvalue weighted by Crippen LogP contribution is 2.11. The summed E-state index contributed by atoms with van der Waals surface area (Å²) in [6, 6.07) is 0. The lowest BCUT2D eigenvalue weighted by Gasteiger charge is -2.23. The highest BCUT2D eigenvalue weighted by molar-refractivity contribution is 6.77. The van der Waals surface area contributed by atoms with Crippen molar-refractivity contribution in [3.8, 4) is 0 Å². The van der Waals surface area contributed by atoms with Crippen molar-refractivity contribution in [2.24, 2.45) is 0 Å². The lowest BCUT2D eigenvalue weighted by molar-refractivity contribution is 0.206. The lowest BCUT2D eigenvalue weighted by atomic mass is 10.8. The van der Waals surface area contributed by atoms with Crippen molar-refractivity contribution in [2.45, 2.75) is 27.7 Å². The SMILES string of the molecule is CC=C[Si](C=CC)(OCC)OCC. The number of allylic oxidation sites excluding steroid dienone is 2. The van der Waals surface area contributed by atoms with Gasteiger partial charge in [-0.3, -0.25) is 0 Å². The summed E-state index contributed by atoms with van der Waals surface area (Å²) in [4.78, 5) is 0. The molecule has 76 valence electrons. The van der Waals surface area contributed by atoms with Crippen LogP contribution in [0, 0.1) is 0 Å². The third-order valence-corrected chi connectivity index (χ3v) is 4.61. The van der Waals surface area contributed by atoms with Gasteiger partial charge in [0.2, 0.25) is 0 Å². The van der Waals surface area contributed by atoms with Gasteiger partial charge in [0.1, 0.15) is 0 Å². The van der Waals surface area contributed by atoms with E-state index in [2.05, 4.69) is 11.4 Å². The molecule has 0 spiro atoms. The fraction of sp³-hybridized carbons (Fsp3) is 0.600. The molecule has 0 saturated carbocycles. The van der Waals surface area contributed by atoms with E-state index in [-0.39, 0.29) is 0 Å². The number of hydrogen-bond acceptors (Lipinski definition) is 2. The monoisotopic (exact) mass is 200 g/mol. The minimum absolute atomic E-state index is 0.695. The summed E-state index contributed by atoms with van der Waals surface area (Å²) in [6.07, 6.45) is 4.00. The molecular weight excluding hydrogens is 180 g/mol. The maximum absolute atomic E-state index is 5.69. The van der Waals surface area contributed by atoms with Gasteiger partial charge >= 0.3 is 8.56 Å². The number of rotatable bonds is 6. The fourth-order valence-electron chi connectivity index (χ4n) is 1.21. The van der Waals surface area contributed by atoms with Crippen molar-refractivity contribution in [1.29, 1.82) is 0 Å². The Hall–Kier alpha value is -0.383. The van der Waals surface area contributed by atoms with Gasteiger partial charge in [-0.1, -0.05) is 12.2 Å². The standard InChI is InChI=1S/C10H20O2Si/c1-5-9-13(10-6-2,11-7-3)12-8-4/h5-6,9-10H,7-8H2,1-4H3. The van der Waals surface area contributed by atoms with Crippen molar-refractivity contribution in [3.63, 3.8) is 0 Å². The Bertz CT molecular complexity index is 156. The zero-order valence-corrected chi connectivity index (χ0v) is 10.0. The van der Waals surface area contributed by atoms with E-state index in [1.165, 1.54) is 0 Å². The van der Waals surface area contributed by atoms with E-state index in [0.717, 1.165) is 0 Å². The van der Waals surface area contributed by atoms with Gasteiger partial charge in [0.05, 0.1) is 0 Å². The molecule has 0 aromatic rings. The van der Waals surface area contributed by atoms with Crippen LogP contribution in [0.2, 0.25) is 0 Å². The molecule has 0 saturated heterocycles. The third kappa shape index (κ3) is 4.41. The molecule has 13 heavy (non-hydrogen) atoms. The molecule has 0 rings (SSSR count). The predicted molar refractivity (Wildman–Crippen MR) is 58.6 cm³/mol. The summed E-state index contributed by atoms with van der Waals surface area (Å²) in [7, 11) is -2.16. The smallest absolute Gasteiger partial charge is 0.389 e. The molecule has 0 aromatic carbocycles. The first-order valence-electron chi connectivity index (χ1n) is 4.80. The van der Waals surface area contributed by atoms with Crippen LogP contribution >= 0.6 is 0 Å². The average molecular weight is 200 g/mol. The van der Waals surface area contributed by atoms with Crippen LogP contribution in [0.3, 0.4) is 0 Å². The van der Waals surface area contributed by atoms with Crippen molar-refractivity contribution in [2.75, 3.05) is 13.2 Å². The van der Waals surface area contributed by atoms with E-state index < -0.39 is 8.56 Å². The number of hydrogen-bond donors (Lipinski definition) is 0. The van der Waals surface area contributed by atoms with Gasteiger partial charge in [0, 0.05) is 13.2 Å². The summed E-state index contributed by atoms with van der Waals surface area (Å²) < 4.78 is 11.4. The Labute approximate surface area is 82.5 Å². The Morgan fingerprint density at radius 2 is 1.31 bits per heavy atom. The van der Waals surface area contributed by atoms with Crippen LogP contribution < -0.4 is 0 Å². The molecule has 2 nitrogen and oxygen atoms in total. The predicted octanol–water partition coefficient (Wildman–Crippen LogP) is 2.73. The zero-order chi connectivity index (χ0) is 10.2. The summed E-state index contributed by atoms with van der Waals surface area (Å²) in [5.41, 5.74) is 4.11. The molecule has 0 heterocycles. The van der Waals surface area contributed by atoms with Gasteiger partial charge in [0.15, 0.2) is 0 Å². The first kappa shape index (κ1) is 12.6. The second-order valence-electron chi connectivity index (χ2n) is 2.59. The first-order valence-corrected chi connectivity index (χ1v) is 6.77. The van der Waals surface area contributed by atoms with E-state index in [9.17, 15) is 0 Å². The van der Waals surface area contributed by atoms with E-state index in [1.54, 1.807) is 0 Å². The Morgan fingerprint density at radius 3 is 1.54 bits per heavy atom. The van der Waals surface area contributed by atoms with Gasteiger partial charge in [-0.05, 0) is 39.1 Å². The Balaban J connectivity index is 4.57. The van der Waals surface area contributed by atoms with E-state index in [1.807, 2.05) is 39.8 Å². The van der Waals surface area contributed by atoms with Gasteiger partial charge in [-0.25, -0.2) is 0 Å². The van der Waals surface area contributed by atoms with Gasteiger partial charge in [-0.2, -0.15) is 0 Å². The molecule has 0 atom stereocenters. The Morgan fingerprint density at radius 1 is 0.923 bits per heavy atom. The molecule has 0 aliphatic heterocycles. The molecule has 0 fully saturated rings. The van der Waals surface area contributed by atoms with Gasteiger partial charge in [-0.15, -0.1) is 0 Å². The molecule has 0 bridgehead atoms. The largest absolute Gasteiger partial charge is 0.391 e. The molecular formula is C10H20O2Si. The van der Waals surface area contributed by atoms with Crippen LogP contribution in [0.1, 0.15) is 27.7 Å². The Kier molecular flexibility index (Phi) is 6.85. The van der Waals surface area contributed by atoms with Crippen LogP contribution in [-0.4, -0.2) is 21.8 Å². The highest BCUT2D eigenvalue weighted by Gasteiger charge is 2.30. The second kappa shape index (κ2) is 7.06. The first-order chi connectivity index (χ1) is 6.24. The molecule has 0 amide bonds. The molecule has 0 radical (unpaired) electrons. The minimum Gasteiger partial charge on any atom is -0.389 e.